The van der Waals surface area contributed by atoms with E-state index in [2.05, 4.69) is 21.4 Å². The summed E-state index contributed by atoms with van der Waals surface area (Å²) in [6.07, 6.45) is 5.74. The van der Waals surface area contributed by atoms with Gasteiger partial charge >= 0.3 is 0 Å². The zero-order chi connectivity index (χ0) is 9.80. The second-order valence-electron chi connectivity index (χ2n) is 2.68. The van der Waals surface area contributed by atoms with Gasteiger partial charge < -0.3 is 4.98 Å². The van der Waals surface area contributed by atoms with Crippen molar-refractivity contribution in [3.05, 3.63) is 45.1 Å². The molecule has 0 saturated heterocycles. The quantitative estimate of drug-likeness (QED) is 0.786. The Labute approximate surface area is 91.0 Å². The molecule has 0 atom stereocenters. The lowest BCUT2D eigenvalue weighted by Gasteiger charge is -1.91. The van der Waals surface area contributed by atoms with Gasteiger partial charge in [0, 0.05) is 16.8 Å². The number of nitrogens with zero attached hydrogens (tertiary/aromatic N) is 1. The monoisotopic (exact) mass is 220 g/mol. The van der Waals surface area contributed by atoms with Crippen molar-refractivity contribution in [2.75, 3.05) is 0 Å². The Morgan fingerprint density at radius 2 is 2.29 bits per heavy atom. The van der Waals surface area contributed by atoms with E-state index in [-0.39, 0.29) is 0 Å². The smallest absolute Gasteiger partial charge is 0.197 e. The van der Waals surface area contributed by atoms with Gasteiger partial charge in [-0.2, -0.15) is 0 Å². The lowest BCUT2D eigenvalue weighted by molar-refractivity contribution is 1.12. The third-order valence-corrected chi connectivity index (χ3v) is 2.71. The van der Waals surface area contributed by atoms with Gasteiger partial charge in [0.2, 0.25) is 0 Å². The number of thiophene rings is 1. The highest BCUT2D eigenvalue weighted by molar-refractivity contribution is 7.71. The van der Waals surface area contributed by atoms with E-state index in [1.54, 1.807) is 17.5 Å². The minimum Gasteiger partial charge on any atom is -0.331 e. The predicted molar refractivity (Wildman–Crippen MR) is 62.7 cm³/mol. The standard InChI is InChI=1S/C10H8N2S2/c13-10-11-6-5-8(12-10)3-4-9-2-1-7-14-9/h1-7H,(H,11,12,13)/b4-3+. The fourth-order valence-corrected chi connectivity index (χ4v) is 1.83. The molecule has 14 heavy (non-hydrogen) atoms. The number of aromatic nitrogens is 2. The average Bonchev–Trinajstić information content (AvgIpc) is 2.67. The Bertz CT molecular complexity index is 483. The number of aromatic amines is 1. The minimum absolute atomic E-state index is 0.512. The topological polar surface area (TPSA) is 28.7 Å². The third kappa shape index (κ3) is 2.37. The van der Waals surface area contributed by atoms with Gasteiger partial charge in [0.1, 0.15) is 0 Å². The molecule has 0 unspecified atom stereocenters. The van der Waals surface area contributed by atoms with E-state index in [1.165, 1.54) is 4.88 Å². The van der Waals surface area contributed by atoms with E-state index < -0.39 is 0 Å². The first-order chi connectivity index (χ1) is 6.84. The van der Waals surface area contributed by atoms with Crippen molar-refractivity contribution in [2.24, 2.45) is 0 Å². The first kappa shape index (κ1) is 9.30. The van der Waals surface area contributed by atoms with E-state index in [0.29, 0.717) is 4.77 Å². The van der Waals surface area contributed by atoms with Gasteiger partial charge in [0.15, 0.2) is 4.77 Å². The van der Waals surface area contributed by atoms with Crippen LogP contribution in [0.25, 0.3) is 12.2 Å². The fourth-order valence-electron chi connectivity index (χ4n) is 1.04. The molecule has 0 aromatic carbocycles. The third-order valence-electron chi connectivity index (χ3n) is 1.67. The molecule has 2 heterocycles. The highest BCUT2D eigenvalue weighted by Crippen LogP contribution is 2.11. The summed E-state index contributed by atoms with van der Waals surface area (Å²) in [4.78, 5) is 8.13. The van der Waals surface area contributed by atoms with E-state index in [0.717, 1.165) is 5.69 Å². The fraction of sp³-hybridized carbons (Fsp3) is 0. The number of hydrogen-bond acceptors (Lipinski definition) is 3. The molecule has 0 aliphatic carbocycles. The van der Waals surface area contributed by atoms with Crippen molar-refractivity contribution in [3.63, 3.8) is 0 Å². The molecular formula is C10H8N2S2. The Balaban J connectivity index is 2.23. The SMILES string of the molecule is S=c1nccc(/C=C/c2cccs2)[nH]1. The molecule has 2 nitrogen and oxygen atoms in total. The molecule has 0 radical (unpaired) electrons. The van der Waals surface area contributed by atoms with Crippen LogP contribution in [0, 0.1) is 4.77 Å². The molecular weight excluding hydrogens is 212 g/mol. The number of nitrogens with one attached hydrogen (secondary N) is 1. The Morgan fingerprint density at radius 1 is 1.36 bits per heavy atom. The first-order valence-corrected chi connectivity index (χ1v) is 5.40. The van der Waals surface area contributed by atoms with Crippen LogP contribution in [0.15, 0.2) is 29.8 Å². The Morgan fingerprint density at radius 3 is 3.00 bits per heavy atom. The summed E-state index contributed by atoms with van der Waals surface area (Å²) in [5.41, 5.74) is 0.971. The zero-order valence-electron chi connectivity index (χ0n) is 7.31. The first-order valence-electron chi connectivity index (χ1n) is 4.11. The van der Waals surface area contributed by atoms with Gasteiger partial charge in [0.05, 0.1) is 0 Å². The highest BCUT2D eigenvalue weighted by atomic mass is 32.1. The summed E-state index contributed by atoms with van der Waals surface area (Å²) in [7, 11) is 0. The second kappa shape index (κ2) is 4.30. The molecule has 0 saturated carbocycles. The maximum Gasteiger partial charge on any atom is 0.197 e. The predicted octanol–water partition coefficient (Wildman–Crippen LogP) is 3.37. The van der Waals surface area contributed by atoms with Gasteiger partial charge in [-0.3, -0.25) is 0 Å². The Kier molecular flexibility index (Phi) is 2.86. The zero-order valence-corrected chi connectivity index (χ0v) is 8.94. The van der Waals surface area contributed by atoms with E-state index in [1.807, 2.05) is 24.3 Å². The summed E-state index contributed by atoms with van der Waals surface area (Å²) in [6, 6.07) is 5.98. The minimum atomic E-state index is 0.512. The summed E-state index contributed by atoms with van der Waals surface area (Å²) < 4.78 is 0.512. The molecule has 0 spiro atoms. The molecule has 0 aliphatic rings. The van der Waals surface area contributed by atoms with Crippen LogP contribution in [-0.4, -0.2) is 9.97 Å². The van der Waals surface area contributed by atoms with Gasteiger partial charge in [0.25, 0.3) is 0 Å². The number of rotatable bonds is 2. The molecule has 70 valence electrons. The number of hydrogen-bond donors (Lipinski definition) is 1. The van der Waals surface area contributed by atoms with Crippen molar-refractivity contribution in [3.8, 4) is 0 Å². The van der Waals surface area contributed by atoms with Gasteiger partial charge in [-0.05, 0) is 41.9 Å². The van der Waals surface area contributed by atoms with Crippen LogP contribution in [0.2, 0.25) is 0 Å². The molecule has 2 aromatic heterocycles. The van der Waals surface area contributed by atoms with Crippen LogP contribution in [0.5, 0.6) is 0 Å². The molecule has 2 rings (SSSR count). The van der Waals surface area contributed by atoms with Crippen LogP contribution < -0.4 is 0 Å². The number of H-pyrrole nitrogens is 1. The summed E-state index contributed by atoms with van der Waals surface area (Å²) >= 11 is 6.62. The summed E-state index contributed by atoms with van der Waals surface area (Å²) in [6.45, 7) is 0. The molecule has 0 amide bonds. The lowest BCUT2D eigenvalue weighted by Crippen LogP contribution is -1.82. The molecule has 2 aromatic rings. The van der Waals surface area contributed by atoms with Crippen LogP contribution >= 0.6 is 23.6 Å². The van der Waals surface area contributed by atoms with Crippen molar-refractivity contribution in [1.29, 1.82) is 0 Å². The summed E-state index contributed by atoms with van der Waals surface area (Å²) in [5, 5.41) is 2.05. The molecule has 4 heteroatoms. The normalized spacial score (nSPS) is 10.9. The molecule has 0 fully saturated rings. The molecule has 0 aliphatic heterocycles. The maximum atomic E-state index is 4.92. The van der Waals surface area contributed by atoms with Crippen LogP contribution in [0.3, 0.4) is 0 Å². The molecule has 0 bridgehead atoms. The summed E-state index contributed by atoms with van der Waals surface area (Å²) in [5.74, 6) is 0. The van der Waals surface area contributed by atoms with Gasteiger partial charge in [-0.15, -0.1) is 11.3 Å². The van der Waals surface area contributed by atoms with Crippen molar-refractivity contribution >= 4 is 35.7 Å². The van der Waals surface area contributed by atoms with Gasteiger partial charge in [-0.1, -0.05) is 6.07 Å². The maximum absolute atomic E-state index is 4.92. The lowest BCUT2D eigenvalue weighted by atomic mass is 10.3. The van der Waals surface area contributed by atoms with Crippen LogP contribution in [0.1, 0.15) is 10.6 Å². The van der Waals surface area contributed by atoms with Crippen molar-refractivity contribution < 1.29 is 0 Å². The largest absolute Gasteiger partial charge is 0.331 e. The van der Waals surface area contributed by atoms with E-state index >= 15 is 0 Å². The van der Waals surface area contributed by atoms with Crippen LogP contribution in [-0.2, 0) is 0 Å². The molecule has 1 N–H and O–H groups in total. The highest BCUT2D eigenvalue weighted by Gasteiger charge is 1.87. The second-order valence-corrected chi connectivity index (χ2v) is 4.05. The van der Waals surface area contributed by atoms with E-state index in [4.69, 9.17) is 12.2 Å². The van der Waals surface area contributed by atoms with E-state index in [9.17, 15) is 0 Å². The van der Waals surface area contributed by atoms with Gasteiger partial charge in [-0.25, -0.2) is 4.98 Å². The van der Waals surface area contributed by atoms with Crippen molar-refractivity contribution in [2.45, 2.75) is 0 Å². The average molecular weight is 220 g/mol. The Hall–Kier alpha value is -1.26. The van der Waals surface area contributed by atoms with Crippen molar-refractivity contribution in [1.82, 2.24) is 9.97 Å². The van der Waals surface area contributed by atoms with Crippen LogP contribution in [0.4, 0.5) is 0 Å².